The molecule has 2 atom stereocenters. The van der Waals surface area contributed by atoms with Crippen LogP contribution in [0.25, 0.3) is 0 Å². The van der Waals surface area contributed by atoms with E-state index < -0.39 is 32.6 Å². The van der Waals surface area contributed by atoms with Crippen molar-refractivity contribution in [2.24, 2.45) is 5.41 Å². The predicted molar refractivity (Wildman–Crippen MR) is 83.0 cm³/mol. The number of sulfone groups is 1. The number of rotatable bonds is 4. The predicted octanol–water partition coefficient (Wildman–Crippen LogP) is 1.85. The molecule has 0 saturated carbocycles. The van der Waals surface area contributed by atoms with Crippen LogP contribution in [-0.4, -0.2) is 36.8 Å². The van der Waals surface area contributed by atoms with E-state index >= 15 is 0 Å². The highest BCUT2D eigenvalue weighted by atomic mass is 32.2. The number of carboxylic acids is 2. The maximum Gasteiger partial charge on any atom is 0.318 e. The zero-order valence-corrected chi connectivity index (χ0v) is 13.6. The van der Waals surface area contributed by atoms with Crippen molar-refractivity contribution in [3.8, 4) is 0 Å². The Bertz CT molecular complexity index is 777. The molecule has 6 nitrogen and oxygen atoms in total. The van der Waals surface area contributed by atoms with Crippen molar-refractivity contribution in [2.75, 3.05) is 6.26 Å². The van der Waals surface area contributed by atoms with Crippen LogP contribution in [0.15, 0.2) is 41.3 Å². The Labute approximate surface area is 134 Å². The fourth-order valence-electron chi connectivity index (χ4n) is 2.90. The Hall–Kier alpha value is -2.15. The molecule has 1 aromatic rings. The van der Waals surface area contributed by atoms with E-state index in [4.69, 9.17) is 0 Å². The molecule has 0 saturated heterocycles. The van der Waals surface area contributed by atoms with Crippen LogP contribution < -0.4 is 0 Å². The summed E-state index contributed by atoms with van der Waals surface area (Å²) >= 11 is 0. The molecule has 1 aromatic carbocycles. The van der Waals surface area contributed by atoms with Gasteiger partial charge in [-0.05, 0) is 37.5 Å². The number of allylic oxidation sites excluding steroid dienone is 1. The number of hydrogen-bond acceptors (Lipinski definition) is 4. The third kappa shape index (κ3) is 3.01. The summed E-state index contributed by atoms with van der Waals surface area (Å²) in [5.41, 5.74) is -2.31. The lowest BCUT2D eigenvalue weighted by Crippen LogP contribution is -2.44. The SMILES string of the molecule is CC1(C(=O)O)CC=CC(C(=O)O)(c2ccc(S(C)(=O)=O)cc2)C1. The Morgan fingerprint density at radius 3 is 2.09 bits per heavy atom. The van der Waals surface area contributed by atoms with Crippen molar-refractivity contribution in [1.29, 1.82) is 0 Å². The lowest BCUT2D eigenvalue weighted by atomic mass is 9.63. The van der Waals surface area contributed by atoms with Crippen molar-refractivity contribution in [3.63, 3.8) is 0 Å². The minimum absolute atomic E-state index is 0.0857. The molecule has 0 aliphatic heterocycles. The molecular weight excluding hydrogens is 320 g/mol. The van der Waals surface area contributed by atoms with Crippen molar-refractivity contribution in [1.82, 2.24) is 0 Å². The molecule has 124 valence electrons. The second-order valence-electron chi connectivity index (χ2n) is 6.22. The van der Waals surface area contributed by atoms with Crippen molar-refractivity contribution < 1.29 is 28.2 Å². The molecule has 0 amide bonds. The van der Waals surface area contributed by atoms with Gasteiger partial charge >= 0.3 is 11.9 Å². The van der Waals surface area contributed by atoms with Gasteiger partial charge in [0.15, 0.2) is 9.84 Å². The highest BCUT2D eigenvalue weighted by Gasteiger charge is 2.49. The van der Waals surface area contributed by atoms with Crippen LogP contribution >= 0.6 is 0 Å². The van der Waals surface area contributed by atoms with Crippen molar-refractivity contribution >= 4 is 21.8 Å². The fraction of sp³-hybridized carbons (Fsp3) is 0.375. The van der Waals surface area contributed by atoms with Gasteiger partial charge in [-0.25, -0.2) is 8.42 Å². The van der Waals surface area contributed by atoms with Crippen LogP contribution in [0, 0.1) is 5.41 Å². The summed E-state index contributed by atoms with van der Waals surface area (Å²) in [5, 5.41) is 19.1. The fourth-order valence-corrected chi connectivity index (χ4v) is 3.53. The van der Waals surface area contributed by atoms with Gasteiger partial charge in [-0.15, -0.1) is 0 Å². The van der Waals surface area contributed by atoms with E-state index in [2.05, 4.69) is 0 Å². The normalized spacial score (nSPS) is 27.6. The summed E-state index contributed by atoms with van der Waals surface area (Å²) in [6.07, 6.45) is 4.28. The number of carboxylic acid groups (broad SMARTS) is 2. The number of aliphatic carboxylic acids is 2. The molecule has 2 rings (SSSR count). The van der Waals surface area contributed by atoms with E-state index in [1.165, 1.54) is 37.3 Å². The second-order valence-corrected chi connectivity index (χ2v) is 8.24. The van der Waals surface area contributed by atoms with Crippen LogP contribution in [-0.2, 0) is 24.8 Å². The number of hydrogen-bond donors (Lipinski definition) is 2. The smallest absolute Gasteiger partial charge is 0.318 e. The van der Waals surface area contributed by atoms with E-state index in [1.54, 1.807) is 6.08 Å². The molecule has 0 spiro atoms. The molecule has 2 unspecified atom stereocenters. The lowest BCUT2D eigenvalue weighted by molar-refractivity contribution is -0.152. The van der Waals surface area contributed by atoms with Gasteiger partial charge in [0, 0.05) is 6.26 Å². The third-order valence-corrected chi connectivity index (χ3v) is 5.46. The van der Waals surface area contributed by atoms with Gasteiger partial charge in [0.25, 0.3) is 0 Å². The molecule has 0 radical (unpaired) electrons. The molecule has 2 N–H and O–H groups in total. The molecule has 7 heteroatoms. The van der Waals surface area contributed by atoms with Crippen LogP contribution in [0.3, 0.4) is 0 Å². The van der Waals surface area contributed by atoms with Crippen molar-refractivity contribution in [3.05, 3.63) is 42.0 Å². The van der Waals surface area contributed by atoms with Crippen molar-refractivity contribution in [2.45, 2.75) is 30.1 Å². The number of carbonyl (C=O) groups is 2. The molecule has 23 heavy (non-hydrogen) atoms. The summed E-state index contributed by atoms with van der Waals surface area (Å²) in [6.45, 7) is 1.52. The minimum atomic E-state index is -3.39. The van der Waals surface area contributed by atoms with Gasteiger partial charge in [0.1, 0.15) is 5.41 Å². The molecule has 1 aliphatic carbocycles. The standard InChI is InChI=1S/C16H18O6S/c1-15(13(17)18)8-3-9-16(10-15,14(19)20)11-4-6-12(7-5-11)23(2,21)22/h3-7,9H,8,10H2,1-2H3,(H,17,18)(H,19,20). The molecule has 0 aromatic heterocycles. The monoisotopic (exact) mass is 338 g/mol. The molecule has 0 heterocycles. The largest absolute Gasteiger partial charge is 0.481 e. The Balaban J connectivity index is 2.55. The average molecular weight is 338 g/mol. The van der Waals surface area contributed by atoms with Crippen LogP contribution in [0.1, 0.15) is 25.3 Å². The molecule has 0 bridgehead atoms. The molecule has 1 aliphatic rings. The summed E-state index contributed by atoms with van der Waals surface area (Å²) in [6, 6.07) is 5.55. The topological polar surface area (TPSA) is 109 Å². The lowest BCUT2D eigenvalue weighted by Gasteiger charge is -2.38. The van der Waals surface area contributed by atoms with E-state index in [-0.39, 0.29) is 17.7 Å². The quantitative estimate of drug-likeness (QED) is 0.811. The minimum Gasteiger partial charge on any atom is -0.481 e. The van der Waals surface area contributed by atoms with Crippen LogP contribution in [0.4, 0.5) is 0 Å². The Kier molecular flexibility index (Phi) is 4.11. The van der Waals surface area contributed by atoms with Crippen LogP contribution in [0.5, 0.6) is 0 Å². The van der Waals surface area contributed by atoms with Gasteiger partial charge in [0.2, 0.25) is 0 Å². The summed E-state index contributed by atoms with van der Waals surface area (Å²) < 4.78 is 23.0. The van der Waals surface area contributed by atoms with E-state index in [0.29, 0.717) is 5.56 Å². The summed E-state index contributed by atoms with van der Waals surface area (Å²) in [4.78, 5) is 23.5. The maximum absolute atomic E-state index is 11.9. The van der Waals surface area contributed by atoms with Gasteiger partial charge in [-0.3, -0.25) is 9.59 Å². The first kappa shape index (κ1) is 17.2. The van der Waals surface area contributed by atoms with Gasteiger partial charge in [-0.2, -0.15) is 0 Å². The number of benzene rings is 1. The average Bonchev–Trinajstić information content (AvgIpc) is 2.46. The Morgan fingerprint density at radius 1 is 1.09 bits per heavy atom. The second kappa shape index (κ2) is 5.49. The zero-order valence-electron chi connectivity index (χ0n) is 12.8. The maximum atomic E-state index is 11.9. The first-order chi connectivity index (χ1) is 10.5. The first-order valence-corrected chi connectivity index (χ1v) is 8.85. The highest BCUT2D eigenvalue weighted by molar-refractivity contribution is 7.90. The van der Waals surface area contributed by atoms with Gasteiger partial charge in [-0.1, -0.05) is 24.3 Å². The third-order valence-electron chi connectivity index (χ3n) is 4.34. The van der Waals surface area contributed by atoms with Gasteiger partial charge in [0.05, 0.1) is 10.3 Å². The van der Waals surface area contributed by atoms with E-state index in [1.807, 2.05) is 0 Å². The molecule has 0 fully saturated rings. The van der Waals surface area contributed by atoms with Gasteiger partial charge < -0.3 is 10.2 Å². The summed E-state index contributed by atoms with van der Waals surface area (Å²) in [7, 11) is -3.39. The molecular formula is C16H18O6S. The van der Waals surface area contributed by atoms with E-state index in [0.717, 1.165) is 6.26 Å². The summed E-state index contributed by atoms with van der Waals surface area (Å²) in [5.74, 6) is -2.21. The first-order valence-electron chi connectivity index (χ1n) is 6.96. The Morgan fingerprint density at radius 2 is 1.65 bits per heavy atom. The van der Waals surface area contributed by atoms with Crippen LogP contribution in [0.2, 0.25) is 0 Å². The van der Waals surface area contributed by atoms with E-state index in [9.17, 15) is 28.2 Å². The highest BCUT2D eigenvalue weighted by Crippen LogP contribution is 2.45. The zero-order chi connectivity index (χ0) is 17.5.